The van der Waals surface area contributed by atoms with Gasteiger partial charge in [0.1, 0.15) is 12.3 Å². The van der Waals surface area contributed by atoms with E-state index in [-0.39, 0.29) is 32.1 Å². The number of hydrazine groups is 1. The number of alkyl halides is 2. The summed E-state index contributed by atoms with van der Waals surface area (Å²) in [6.07, 6.45) is 0.758. The molecule has 2 aromatic rings. The number of imide groups is 1. The number of hydrogen-bond acceptors (Lipinski definition) is 5. The third-order valence-electron chi connectivity index (χ3n) is 7.23. The molecule has 35 heavy (non-hydrogen) atoms. The summed E-state index contributed by atoms with van der Waals surface area (Å²) in [5.41, 5.74) is 0.395. The van der Waals surface area contributed by atoms with Crippen LogP contribution in [-0.4, -0.2) is 56.8 Å². The molecular weight excluding hydrogens is 604 g/mol. The van der Waals surface area contributed by atoms with Crippen LogP contribution in [0.4, 0.5) is 0 Å². The summed E-state index contributed by atoms with van der Waals surface area (Å²) in [6, 6.07) is 12.9. The van der Waals surface area contributed by atoms with Crippen LogP contribution in [0.1, 0.15) is 27.1 Å². The van der Waals surface area contributed by atoms with E-state index in [2.05, 4.69) is 31.9 Å². The zero-order chi connectivity index (χ0) is 25.0. The minimum atomic E-state index is -0.688. The Morgan fingerprint density at radius 1 is 1.03 bits per heavy atom. The van der Waals surface area contributed by atoms with Crippen LogP contribution >= 0.6 is 43.5 Å². The van der Waals surface area contributed by atoms with E-state index in [1.54, 1.807) is 42.5 Å². The van der Waals surface area contributed by atoms with Gasteiger partial charge in [0.15, 0.2) is 5.78 Å². The first-order valence-corrected chi connectivity index (χ1v) is 13.3. The molecule has 0 aromatic heterocycles. The average molecular weight is 625 g/mol. The van der Waals surface area contributed by atoms with Gasteiger partial charge in [0.05, 0.1) is 29.5 Å². The van der Waals surface area contributed by atoms with Crippen LogP contribution in [0, 0.1) is 23.7 Å². The number of fused-ring (bicyclic) bond motifs is 5. The number of rotatable bonds is 6. The lowest BCUT2D eigenvalue weighted by Crippen LogP contribution is -2.52. The lowest BCUT2D eigenvalue weighted by molar-refractivity contribution is -0.154. The molecule has 0 unspecified atom stereocenters. The Hall–Kier alpha value is -2.23. The first-order chi connectivity index (χ1) is 16.7. The smallest absolute Gasteiger partial charge is 0.274 e. The Balaban J connectivity index is 1.52. The van der Waals surface area contributed by atoms with Gasteiger partial charge in [-0.05, 0) is 42.5 Å². The molecule has 1 saturated heterocycles. The third-order valence-corrected chi connectivity index (χ3v) is 10.8. The summed E-state index contributed by atoms with van der Waals surface area (Å²) < 4.78 is 5.20. The molecule has 2 bridgehead atoms. The van der Waals surface area contributed by atoms with Gasteiger partial charge < -0.3 is 4.74 Å². The van der Waals surface area contributed by atoms with Crippen molar-refractivity contribution in [2.45, 2.75) is 16.1 Å². The largest absolute Gasteiger partial charge is 0.497 e. The van der Waals surface area contributed by atoms with Crippen molar-refractivity contribution in [2.75, 3.05) is 13.7 Å². The quantitative estimate of drug-likeness (QED) is 0.271. The summed E-state index contributed by atoms with van der Waals surface area (Å²) >= 11 is 13.6. The normalized spacial score (nSPS) is 28.9. The maximum atomic E-state index is 13.7. The molecule has 7 nitrogen and oxygen atoms in total. The maximum Gasteiger partial charge on any atom is 0.274 e. The zero-order valence-electron chi connectivity index (χ0n) is 18.6. The lowest BCUT2D eigenvalue weighted by Gasteiger charge is -2.31. The standard InChI is InChI=1S/C25H21Br2ClN2O5/c1-35-13-6-4-5-12(9-13)18(31)11-29(23(32)14-7-2-3-8-17(14)28)30-24(33)19-15-10-16(20(19)25(30)34)22(27)21(15)26/h2-9,15-16,19-22H,10-11H2,1H3/t15-,16-,19-,20-,21+,22+/m1/s1. The van der Waals surface area contributed by atoms with E-state index in [9.17, 15) is 19.2 Å². The minimum Gasteiger partial charge on any atom is -0.497 e. The molecule has 3 amide bonds. The Morgan fingerprint density at radius 2 is 1.66 bits per heavy atom. The zero-order valence-corrected chi connectivity index (χ0v) is 22.5. The van der Waals surface area contributed by atoms with Gasteiger partial charge in [-0.2, -0.15) is 5.01 Å². The number of hydrogen-bond donors (Lipinski definition) is 0. The van der Waals surface area contributed by atoms with E-state index in [1.807, 2.05) is 0 Å². The predicted octanol–water partition coefficient (Wildman–Crippen LogP) is 4.37. The van der Waals surface area contributed by atoms with Crippen LogP contribution in [0.2, 0.25) is 5.02 Å². The lowest BCUT2D eigenvalue weighted by atomic mass is 9.81. The van der Waals surface area contributed by atoms with Crippen molar-refractivity contribution in [3.63, 3.8) is 0 Å². The molecule has 0 N–H and O–H groups in total. The Labute approximate surface area is 224 Å². The number of ether oxygens (including phenoxy) is 1. The number of methoxy groups -OCH3 is 1. The van der Waals surface area contributed by atoms with E-state index < -0.39 is 41.9 Å². The third kappa shape index (κ3) is 3.92. The topological polar surface area (TPSA) is 84.0 Å². The second-order valence-corrected chi connectivity index (χ2v) is 11.5. The highest BCUT2D eigenvalue weighted by Gasteiger charge is 2.67. The van der Waals surface area contributed by atoms with Gasteiger partial charge in [-0.15, -0.1) is 0 Å². The predicted molar refractivity (Wildman–Crippen MR) is 136 cm³/mol. The van der Waals surface area contributed by atoms with E-state index in [4.69, 9.17) is 16.3 Å². The monoisotopic (exact) mass is 622 g/mol. The first kappa shape index (κ1) is 24.5. The number of ketones is 1. The van der Waals surface area contributed by atoms with E-state index in [1.165, 1.54) is 13.2 Å². The number of halogens is 3. The summed E-state index contributed by atoms with van der Waals surface area (Å²) in [5.74, 6) is -2.66. The number of nitrogens with zero attached hydrogens (tertiary/aromatic N) is 2. The van der Waals surface area contributed by atoms with Gasteiger partial charge in [-0.1, -0.05) is 67.7 Å². The van der Waals surface area contributed by atoms with Gasteiger partial charge in [-0.3, -0.25) is 19.2 Å². The number of carbonyl (C=O) groups excluding carboxylic acids is 4. The van der Waals surface area contributed by atoms with Crippen molar-refractivity contribution in [1.82, 2.24) is 10.0 Å². The second kappa shape index (κ2) is 9.33. The van der Waals surface area contributed by atoms with Crippen molar-refractivity contribution in [3.05, 3.63) is 64.7 Å². The molecule has 1 aliphatic heterocycles. The number of Topliss-reactive ketones (excluding diaryl/α,β-unsaturated/α-hetero) is 1. The van der Waals surface area contributed by atoms with E-state index >= 15 is 0 Å². The Morgan fingerprint density at radius 3 is 2.26 bits per heavy atom. The summed E-state index contributed by atoms with van der Waals surface area (Å²) in [7, 11) is 1.49. The molecule has 2 aliphatic carbocycles. The minimum absolute atomic E-state index is 0.0258. The van der Waals surface area contributed by atoms with Crippen LogP contribution in [0.25, 0.3) is 0 Å². The van der Waals surface area contributed by atoms with Crippen molar-refractivity contribution >= 4 is 67.0 Å². The maximum absolute atomic E-state index is 13.7. The number of benzene rings is 2. The van der Waals surface area contributed by atoms with Crippen LogP contribution in [0.5, 0.6) is 5.75 Å². The summed E-state index contributed by atoms with van der Waals surface area (Å²) in [5, 5.41) is 2.01. The molecule has 10 heteroatoms. The van der Waals surface area contributed by atoms with Crippen molar-refractivity contribution in [2.24, 2.45) is 23.7 Å². The van der Waals surface area contributed by atoms with Crippen LogP contribution in [-0.2, 0) is 9.59 Å². The molecule has 0 spiro atoms. The fraction of sp³-hybridized carbons (Fsp3) is 0.360. The number of amides is 3. The fourth-order valence-corrected chi connectivity index (χ4v) is 7.69. The molecule has 6 atom stereocenters. The van der Waals surface area contributed by atoms with Crippen molar-refractivity contribution in [1.29, 1.82) is 0 Å². The highest BCUT2D eigenvalue weighted by atomic mass is 79.9. The molecule has 1 heterocycles. The van der Waals surface area contributed by atoms with Crippen molar-refractivity contribution < 1.29 is 23.9 Å². The average Bonchev–Trinajstić information content (AvgIpc) is 3.47. The molecule has 2 saturated carbocycles. The van der Waals surface area contributed by atoms with Gasteiger partial charge in [0.25, 0.3) is 17.7 Å². The SMILES string of the molecule is COc1cccc(C(=O)CN(C(=O)c2ccccc2Cl)N2C(=O)[C@@H]3[C@H]4C[C@@H]([C@H](Br)[C@H]4Br)[C@H]3C2=O)c1. The Kier molecular flexibility index (Phi) is 6.52. The van der Waals surface area contributed by atoms with Crippen molar-refractivity contribution in [3.8, 4) is 5.75 Å². The molecule has 182 valence electrons. The molecule has 0 radical (unpaired) electrons. The molecular formula is C25H21Br2ClN2O5. The van der Waals surface area contributed by atoms with Gasteiger partial charge >= 0.3 is 0 Å². The van der Waals surface area contributed by atoms with Crippen LogP contribution in [0.3, 0.4) is 0 Å². The highest BCUT2D eigenvalue weighted by molar-refractivity contribution is 9.12. The molecule has 2 aromatic carbocycles. The van der Waals surface area contributed by atoms with E-state index in [0.717, 1.165) is 16.4 Å². The molecule has 3 fully saturated rings. The molecule has 3 aliphatic rings. The summed E-state index contributed by atoms with van der Waals surface area (Å²) in [6.45, 7) is -0.501. The van der Waals surface area contributed by atoms with Crippen LogP contribution < -0.4 is 4.74 Å². The summed E-state index contributed by atoms with van der Waals surface area (Å²) in [4.78, 5) is 54.3. The van der Waals surface area contributed by atoms with Gasteiger partial charge in [0.2, 0.25) is 0 Å². The van der Waals surface area contributed by atoms with Gasteiger partial charge in [0, 0.05) is 15.2 Å². The molecule has 5 rings (SSSR count). The van der Waals surface area contributed by atoms with Gasteiger partial charge in [-0.25, -0.2) is 5.01 Å². The van der Waals surface area contributed by atoms with E-state index in [0.29, 0.717) is 11.3 Å². The van der Waals surface area contributed by atoms with Crippen LogP contribution in [0.15, 0.2) is 48.5 Å². The fourth-order valence-electron chi connectivity index (χ4n) is 5.60. The first-order valence-electron chi connectivity index (χ1n) is 11.1. The Bertz CT molecular complexity index is 1210. The second-order valence-electron chi connectivity index (χ2n) is 8.99. The highest BCUT2D eigenvalue weighted by Crippen LogP contribution is 2.60. The number of carbonyl (C=O) groups is 4.